The molecule has 0 aromatic rings. The molecule has 0 heterocycles. The minimum Gasteiger partial charge on any atom is -0.480 e. The maximum atomic E-state index is 11.2. The van der Waals surface area contributed by atoms with Crippen LogP contribution in [0.15, 0.2) is 0 Å². The van der Waals surface area contributed by atoms with Crippen LogP contribution in [0.25, 0.3) is 0 Å². The molecule has 0 saturated carbocycles. The lowest BCUT2D eigenvalue weighted by molar-refractivity contribution is -0.140. The zero-order valence-electron chi connectivity index (χ0n) is 10.2. The van der Waals surface area contributed by atoms with Gasteiger partial charge in [-0.2, -0.15) is 0 Å². The lowest BCUT2D eigenvalue weighted by atomic mass is 10.0. The summed E-state index contributed by atoms with van der Waals surface area (Å²) in [6.45, 7) is 6.56. The second kappa shape index (κ2) is 8.10. The summed E-state index contributed by atoms with van der Waals surface area (Å²) in [5.74, 6) is -0.777. The lowest BCUT2D eigenvalue weighted by Crippen LogP contribution is -2.43. The van der Waals surface area contributed by atoms with Crippen LogP contribution in [-0.2, 0) is 9.59 Å². The molecule has 0 aliphatic heterocycles. The van der Waals surface area contributed by atoms with E-state index in [1.54, 1.807) is 0 Å². The number of nitrogens with one attached hydrogen (secondary N) is 2. The van der Waals surface area contributed by atoms with Crippen molar-refractivity contribution >= 4 is 11.9 Å². The highest BCUT2D eigenvalue weighted by atomic mass is 16.4. The number of rotatable bonds is 8. The summed E-state index contributed by atoms with van der Waals surface area (Å²) in [4.78, 5) is 22.1. The zero-order chi connectivity index (χ0) is 12.6. The van der Waals surface area contributed by atoms with Crippen molar-refractivity contribution in [1.82, 2.24) is 10.6 Å². The van der Waals surface area contributed by atoms with Gasteiger partial charge < -0.3 is 10.4 Å². The van der Waals surface area contributed by atoms with Crippen LogP contribution in [-0.4, -0.2) is 36.1 Å². The summed E-state index contributed by atoms with van der Waals surface area (Å²) in [7, 11) is 0. The summed E-state index contributed by atoms with van der Waals surface area (Å²) in [6, 6.07) is -0.646. The fourth-order valence-electron chi connectivity index (χ4n) is 1.29. The Balaban J connectivity index is 3.92. The molecule has 0 spiro atoms. The molecule has 0 aromatic heterocycles. The quantitative estimate of drug-likeness (QED) is 0.570. The fraction of sp³-hybridized carbons (Fsp3) is 0.818. The second-order valence-corrected chi connectivity index (χ2v) is 4.25. The largest absolute Gasteiger partial charge is 0.480 e. The van der Waals surface area contributed by atoms with E-state index >= 15 is 0 Å². The van der Waals surface area contributed by atoms with Crippen molar-refractivity contribution in [3.05, 3.63) is 0 Å². The van der Waals surface area contributed by atoms with E-state index in [1.807, 2.05) is 20.8 Å². The molecule has 0 saturated heterocycles. The fourth-order valence-corrected chi connectivity index (χ4v) is 1.29. The van der Waals surface area contributed by atoms with Gasteiger partial charge in [0.05, 0.1) is 6.54 Å². The lowest BCUT2D eigenvalue weighted by Gasteiger charge is -2.16. The van der Waals surface area contributed by atoms with Crippen molar-refractivity contribution < 1.29 is 14.7 Å². The molecule has 0 bridgehead atoms. The highest BCUT2D eigenvalue weighted by Crippen LogP contribution is 2.04. The van der Waals surface area contributed by atoms with E-state index in [1.165, 1.54) is 0 Å². The van der Waals surface area contributed by atoms with E-state index in [2.05, 4.69) is 10.6 Å². The van der Waals surface area contributed by atoms with Crippen LogP contribution in [0.4, 0.5) is 0 Å². The van der Waals surface area contributed by atoms with E-state index in [4.69, 9.17) is 5.11 Å². The van der Waals surface area contributed by atoms with E-state index in [0.717, 1.165) is 6.42 Å². The van der Waals surface area contributed by atoms with Crippen LogP contribution in [0, 0.1) is 5.92 Å². The monoisotopic (exact) mass is 230 g/mol. The van der Waals surface area contributed by atoms with Crippen LogP contribution < -0.4 is 10.6 Å². The summed E-state index contributed by atoms with van der Waals surface area (Å²) in [5, 5.41) is 14.4. The number of aliphatic carboxylic acids is 1. The molecule has 0 radical (unpaired) electrons. The first kappa shape index (κ1) is 14.9. The predicted octanol–water partition coefficient (Wildman–Crippen LogP) is 0.601. The average molecular weight is 230 g/mol. The minimum atomic E-state index is -0.906. The first-order valence-corrected chi connectivity index (χ1v) is 5.70. The van der Waals surface area contributed by atoms with Gasteiger partial charge in [-0.25, -0.2) is 0 Å². The van der Waals surface area contributed by atoms with Crippen molar-refractivity contribution in [2.45, 2.75) is 39.7 Å². The van der Waals surface area contributed by atoms with Gasteiger partial charge in [-0.15, -0.1) is 0 Å². The molecule has 1 atom stereocenters. The van der Waals surface area contributed by atoms with Gasteiger partial charge in [0.15, 0.2) is 0 Å². The second-order valence-electron chi connectivity index (χ2n) is 4.25. The van der Waals surface area contributed by atoms with Gasteiger partial charge >= 0.3 is 5.97 Å². The highest BCUT2D eigenvalue weighted by Gasteiger charge is 2.18. The Morgan fingerprint density at radius 1 is 1.31 bits per heavy atom. The number of carboxylic acids is 1. The summed E-state index contributed by atoms with van der Waals surface area (Å²) < 4.78 is 0. The molecule has 5 heteroatoms. The molecule has 16 heavy (non-hydrogen) atoms. The standard InChI is InChI=1S/C11H22N2O3/c1-4-5-12-10(14)7-13-9(11(15)16)6-8(2)3/h8-9,13H,4-7H2,1-3H3,(H,12,14)(H,15,16). The summed E-state index contributed by atoms with van der Waals surface area (Å²) in [5.41, 5.74) is 0. The van der Waals surface area contributed by atoms with Crippen LogP contribution in [0.3, 0.4) is 0 Å². The number of carbonyl (C=O) groups excluding carboxylic acids is 1. The Hall–Kier alpha value is -1.10. The van der Waals surface area contributed by atoms with Gasteiger partial charge in [0, 0.05) is 6.54 Å². The molecule has 0 aromatic carbocycles. The van der Waals surface area contributed by atoms with Crippen molar-refractivity contribution in [1.29, 1.82) is 0 Å². The van der Waals surface area contributed by atoms with Crippen LogP contribution >= 0.6 is 0 Å². The molecule has 5 nitrogen and oxygen atoms in total. The minimum absolute atomic E-state index is 0.0592. The summed E-state index contributed by atoms with van der Waals surface area (Å²) in [6.07, 6.45) is 1.40. The molecule has 3 N–H and O–H groups in total. The molecule has 0 aliphatic rings. The Morgan fingerprint density at radius 3 is 2.38 bits per heavy atom. The molecular weight excluding hydrogens is 208 g/mol. The van der Waals surface area contributed by atoms with Gasteiger partial charge in [0.25, 0.3) is 0 Å². The highest BCUT2D eigenvalue weighted by molar-refractivity contribution is 5.79. The third-order valence-corrected chi connectivity index (χ3v) is 2.09. The van der Waals surface area contributed by atoms with E-state index in [9.17, 15) is 9.59 Å². The predicted molar refractivity (Wildman–Crippen MR) is 62.2 cm³/mol. The first-order valence-electron chi connectivity index (χ1n) is 5.70. The zero-order valence-corrected chi connectivity index (χ0v) is 10.2. The first-order chi connectivity index (χ1) is 7.47. The topological polar surface area (TPSA) is 78.4 Å². The van der Waals surface area contributed by atoms with Crippen LogP contribution in [0.5, 0.6) is 0 Å². The van der Waals surface area contributed by atoms with Crippen molar-refractivity contribution in [3.8, 4) is 0 Å². The van der Waals surface area contributed by atoms with Crippen LogP contribution in [0.1, 0.15) is 33.6 Å². The Kier molecular flexibility index (Phi) is 7.54. The molecule has 0 fully saturated rings. The number of hydrogen-bond acceptors (Lipinski definition) is 3. The molecule has 1 unspecified atom stereocenters. The van der Waals surface area contributed by atoms with Gasteiger partial charge in [-0.1, -0.05) is 20.8 Å². The number of carboxylic acid groups (broad SMARTS) is 1. The number of amides is 1. The molecule has 1 amide bonds. The normalized spacial score (nSPS) is 12.5. The maximum absolute atomic E-state index is 11.2. The van der Waals surface area contributed by atoms with Crippen molar-refractivity contribution in [2.24, 2.45) is 5.92 Å². The number of carbonyl (C=O) groups is 2. The van der Waals surface area contributed by atoms with E-state index in [-0.39, 0.29) is 18.4 Å². The van der Waals surface area contributed by atoms with Crippen molar-refractivity contribution in [2.75, 3.05) is 13.1 Å². The molecular formula is C11H22N2O3. The number of hydrogen-bond donors (Lipinski definition) is 3. The third kappa shape index (κ3) is 7.23. The summed E-state index contributed by atoms with van der Waals surface area (Å²) >= 11 is 0. The third-order valence-electron chi connectivity index (χ3n) is 2.09. The Bertz CT molecular complexity index is 229. The SMILES string of the molecule is CCCNC(=O)CNC(CC(C)C)C(=O)O. The van der Waals surface area contributed by atoms with Crippen molar-refractivity contribution in [3.63, 3.8) is 0 Å². The van der Waals surface area contributed by atoms with Gasteiger partial charge in [-0.3, -0.25) is 14.9 Å². The Labute approximate surface area is 96.6 Å². The molecule has 0 rings (SSSR count). The van der Waals surface area contributed by atoms with E-state index in [0.29, 0.717) is 13.0 Å². The van der Waals surface area contributed by atoms with Gasteiger partial charge in [-0.05, 0) is 18.8 Å². The van der Waals surface area contributed by atoms with E-state index < -0.39 is 12.0 Å². The molecule has 0 aliphatic carbocycles. The van der Waals surface area contributed by atoms with Gasteiger partial charge in [0.2, 0.25) is 5.91 Å². The molecule has 94 valence electrons. The van der Waals surface area contributed by atoms with Gasteiger partial charge in [0.1, 0.15) is 6.04 Å². The maximum Gasteiger partial charge on any atom is 0.320 e. The Morgan fingerprint density at radius 2 is 1.94 bits per heavy atom. The average Bonchev–Trinajstić information content (AvgIpc) is 2.20. The van der Waals surface area contributed by atoms with Crippen LogP contribution in [0.2, 0.25) is 0 Å². The smallest absolute Gasteiger partial charge is 0.320 e.